The zero-order valence-electron chi connectivity index (χ0n) is 12.4. The molecule has 2 saturated heterocycles. The first kappa shape index (κ1) is 14.7. The third-order valence-corrected chi connectivity index (χ3v) is 5.67. The van der Waals surface area contributed by atoms with Crippen LogP contribution in [0.2, 0.25) is 0 Å². The van der Waals surface area contributed by atoms with E-state index in [9.17, 15) is 4.79 Å². The Labute approximate surface area is 129 Å². The molecule has 7 heteroatoms. The maximum Gasteiger partial charge on any atom is 0.317 e. The lowest BCUT2D eigenvalue weighted by atomic mass is 10.1. The summed E-state index contributed by atoms with van der Waals surface area (Å²) >= 11 is 1.97. The number of nitrogens with zero attached hydrogens (tertiary/aromatic N) is 3. The molecule has 21 heavy (non-hydrogen) atoms. The molecule has 0 radical (unpaired) electrons. The van der Waals surface area contributed by atoms with Crippen molar-refractivity contribution < 1.29 is 4.79 Å². The number of hydrogen-bond donors (Lipinski definition) is 2. The second-order valence-electron chi connectivity index (χ2n) is 5.74. The normalized spacial score (nSPS) is 27.0. The number of thioether (sulfide) groups is 1. The van der Waals surface area contributed by atoms with Crippen molar-refractivity contribution in [1.82, 2.24) is 25.1 Å². The van der Waals surface area contributed by atoms with Crippen LogP contribution in [0.15, 0.2) is 12.4 Å². The first-order chi connectivity index (χ1) is 10.2. The lowest BCUT2D eigenvalue weighted by Crippen LogP contribution is -2.52. The highest BCUT2D eigenvalue weighted by molar-refractivity contribution is 8.00. The molecule has 0 saturated carbocycles. The van der Waals surface area contributed by atoms with E-state index in [1.54, 1.807) is 6.20 Å². The topological polar surface area (TPSA) is 64.3 Å². The molecule has 2 unspecified atom stereocenters. The van der Waals surface area contributed by atoms with Gasteiger partial charge in [0.25, 0.3) is 0 Å². The van der Waals surface area contributed by atoms with Crippen molar-refractivity contribution in [3.63, 3.8) is 0 Å². The smallest absolute Gasteiger partial charge is 0.317 e. The minimum Gasteiger partial charge on any atom is -0.347 e. The maximum atomic E-state index is 12.3. The summed E-state index contributed by atoms with van der Waals surface area (Å²) in [6.07, 6.45) is 6.10. The summed E-state index contributed by atoms with van der Waals surface area (Å²) < 4.78 is 0. The zero-order valence-corrected chi connectivity index (χ0v) is 13.2. The van der Waals surface area contributed by atoms with Crippen molar-refractivity contribution >= 4 is 17.8 Å². The number of aromatic nitrogens is 2. The van der Waals surface area contributed by atoms with Crippen LogP contribution in [0.3, 0.4) is 0 Å². The summed E-state index contributed by atoms with van der Waals surface area (Å²) in [6.45, 7) is 3.13. The van der Waals surface area contributed by atoms with E-state index in [2.05, 4.69) is 27.2 Å². The van der Waals surface area contributed by atoms with Crippen LogP contribution in [-0.2, 0) is 0 Å². The van der Waals surface area contributed by atoms with E-state index in [1.165, 1.54) is 18.6 Å². The molecule has 1 aromatic rings. The fourth-order valence-corrected chi connectivity index (χ4v) is 4.13. The van der Waals surface area contributed by atoms with E-state index in [4.69, 9.17) is 0 Å². The number of nitrogens with one attached hydrogen (secondary N) is 2. The summed E-state index contributed by atoms with van der Waals surface area (Å²) in [7, 11) is 2.08. The Hall–Kier alpha value is -1.21. The van der Waals surface area contributed by atoms with Crippen LogP contribution in [-0.4, -0.2) is 70.0 Å². The van der Waals surface area contributed by atoms with Gasteiger partial charge in [0.2, 0.25) is 0 Å². The Balaban J connectivity index is 1.54. The Morgan fingerprint density at radius 2 is 2.48 bits per heavy atom. The predicted octanol–water partition coefficient (Wildman–Crippen LogP) is 1.30. The van der Waals surface area contributed by atoms with Crippen molar-refractivity contribution in [2.45, 2.75) is 24.1 Å². The van der Waals surface area contributed by atoms with Gasteiger partial charge in [0.05, 0.1) is 6.04 Å². The molecular formula is C14H23N5OS. The van der Waals surface area contributed by atoms with Gasteiger partial charge in [-0.2, -0.15) is 11.8 Å². The quantitative estimate of drug-likeness (QED) is 0.883. The second kappa shape index (κ2) is 6.70. The number of amides is 2. The number of rotatable bonds is 3. The van der Waals surface area contributed by atoms with Crippen LogP contribution in [0.4, 0.5) is 4.79 Å². The van der Waals surface area contributed by atoms with Gasteiger partial charge in [0.15, 0.2) is 0 Å². The standard InChI is InChI=1S/C14H23N5OS/c1-18-6-7-19(10-12(18)13-15-4-5-16-13)14(20)17-9-11-3-2-8-21-11/h4-5,11-12H,2-3,6-10H2,1H3,(H,15,16)(H,17,20). The van der Waals surface area contributed by atoms with Crippen molar-refractivity contribution in [3.8, 4) is 0 Å². The number of H-pyrrole nitrogens is 1. The molecule has 116 valence electrons. The molecule has 2 aliphatic rings. The van der Waals surface area contributed by atoms with E-state index in [0.29, 0.717) is 11.8 Å². The van der Waals surface area contributed by atoms with Crippen LogP contribution in [0.1, 0.15) is 24.7 Å². The summed E-state index contributed by atoms with van der Waals surface area (Å²) in [6, 6.07) is 0.215. The fourth-order valence-electron chi connectivity index (χ4n) is 2.93. The van der Waals surface area contributed by atoms with E-state index >= 15 is 0 Å². The molecule has 0 bridgehead atoms. The van der Waals surface area contributed by atoms with Gasteiger partial charge in [-0.05, 0) is 25.6 Å². The van der Waals surface area contributed by atoms with Gasteiger partial charge in [-0.15, -0.1) is 0 Å². The molecule has 2 aliphatic heterocycles. The number of likely N-dealkylation sites (N-methyl/N-ethyl adjacent to an activating group) is 1. The average Bonchev–Trinajstić information content (AvgIpc) is 3.18. The van der Waals surface area contributed by atoms with Gasteiger partial charge >= 0.3 is 6.03 Å². The molecule has 2 atom stereocenters. The molecule has 6 nitrogen and oxygen atoms in total. The highest BCUT2D eigenvalue weighted by Crippen LogP contribution is 2.25. The number of piperazine rings is 1. The van der Waals surface area contributed by atoms with Crippen LogP contribution in [0.25, 0.3) is 0 Å². The van der Waals surface area contributed by atoms with E-state index in [-0.39, 0.29) is 12.1 Å². The highest BCUT2D eigenvalue weighted by Gasteiger charge is 2.30. The first-order valence-electron chi connectivity index (χ1n) is 7.58. The van der Waals surface area contributed by atoms with E-state index in [0.717, 1.165) is 25.5 Å². The largest absolute Gasteiger partial charge is 0.347 e. The predicted molar refractivity (Wildman–Crippen MR) is 84.4 cm³/mol. The number of urea groups is 1. The third-order valence-electron chi connectivity index (χ3n) is 4.28. The zero-order chi connectivity index (χ0) is 14.7. The fraction of sp³-hybridized carbons (Fsp3) is 0.714. The monoisotopic (exact) mass is 309 g/mol. The van der Waals surface area contributed by atoms with Crippen LogP contribution < -0.4 is 5.32 Å². The number of aromatic amines is 1. The summed E-state index contributed by atoms with van der Waals surface area (Å²) in [4.78, 5) is 24.0. The van der Waals surface area contributed by atoms with Gasteiger partial charge in [-0.1, -0.05) is 0 Å². The number of carbonyl (C=O) groups excluding carboxylic acids is 1. The molecule has 0 aliphatic carbocycles. The molecule has 3 heterocycles. The van der Waals surface area contributed by atoms with Gasteiger partial charge in [-0.25, -0.2) is 9.78 Å². The first-order valence-corrected chi connectivity index (χ1v) is 8.63. The van der Waals surface area contributed by atoms with Crippen LogP contribution in [0, 0.1) is 0 Å². The molecule has 1 aromatic heterocycles. The number of hydrogen-bond acceptors (Lipinski definition) is 4. The van der Waals surface area contributed by atoms with Crippen molar-refractivity contribution in [1.29, 1.82) is 0 Å². The van der Waals surface area contributed by atoms with Gasteiger partial charge in [0, 0.05) is 43.8 Å². The summed E-state index contributed by atoms with van der Waals surface area (Å²) in [5.41, 5.74) is 0. The molecule has 3 rings (SSSR count). The molecule has 0 aromatic carbocycles. The molecule has 2 amide bonds. The average molecular weight is 309 g/mol. The Bertz CT molecular complexity index is 460. The number of imidazole rings is 1. The molecular weight excluding hydrogens is 286 g/mol. The Morgan fingerprint density at radius 3 is 3.19 bits per heavy atom. The number of carbonyl (C=O) groups is 1. The molecule has 2 N–H and O–H groups in total. The Morgan fingerprint density at radius 1 is 1.57 bits per heavy atom. The summed E-state index contributed by atoms with van der Waals surface area (Å²) in [5, 5.41) is 3.69. The van der Waals surface area contributed by atoms with E-state index < -0.39 is 0 Å². The second-order valence-corrected chi connectivity index (χ2v) is 7.15. The molecule has 0 spiro atoms. The van der Waals surface area contributed by atoms with Crippen molar-refractivity contribution in [2.75, 3.05) is 39.0 Å². The van der Waals surface area contributed by atoms with Gasteiger partial charge in [-0.3, -0.25) is 4.90 Å². The third kappa shape index (κ3) is 3.52. The highest BCUT2D eigenvalue weighted by atomic mass is 32.2. The Kier molecular flexibility index (Phi) is 4.70. The lowest BCUT2D eigenvalue weighted by molar-refractivity contribution is 0.106. The maximum absolute atomic E-state index is 12.3. The van der Waals surface area contributed by atoms with E-state index in [1.807, 2.05) is 22.9 Å². The SMILES string of the molecule is CN1CCN(C(=O)NCC2CCCS2)CC1c1ncc[nH]1. The minimum absolute atomic E-state index is 0.0622. The van der Waals surface area contributed by atoms with Crippen LogP contribution >= 0.6 is 11.8 Å². The van der Waals surface area contributed by atoms with Gasteiger partial charge < -0.3 is 15.2 Å². The van der Waals surface area contributed by atoms with Crippen LogP contribution in [0.5, 0.6) is 0 Å². The van der Waals surface area contributed by atoms with Gasteiger partial charge in [0.1, 0.15) is 5.82 Å². The minimum atomic E-state index is 0.0622. The van der Waals surface area contributed by atoms with Crippen molar-refractivity contribution in [3.05, 3.63) is 18.2 Å². The summed E-state index contributed by atoms with van der Waals surface area (Å²) in [5.74, 6) is 2.16. The lowest BCUT2D eigenvalue weighted by Gasteiger charge is -2.38. The van der Waals surface area contributed by atoms with Crippen molar-refractivity contribution in [2.24, 2.45) is 0 Å². The molecule has 2 fully saturated rings.